The Labute approximate surface area is 189 Å². The van der Waals surface area contributed by atoms with Gasteiger partial charge in [-0.3, -0.25) is 9.59 Å². The number of nitrogens with one attached hydrogen (secondary N) is 1. The number of anilines is 1. The molecule has 0 aromatic heterocycles. The molecule has 11 heteroatoms. The van der Waals surface area contributed by atoms with Gasteiger partial charge in [0.15, 0.2) is 17.3 Å². The van der Waals surface area contributed by atoms with Crippen LogP contribution in [-0.2, 0) is 9.59 Å². The molecule has 0 radical (unpaired) electrons. The first-order valence-electron chi connectivity index (χ1n) is 8.80. The maximum Gasteiger partial charge on any atom is 0.258 e. The monoisotopic (exact) mass is 469 g/mol. The molecule has 1 unspecified atom stereocenters. The van der Waals surface area contributed by atoms with Gasteiger partial charge >= 0.3 is 0 Å². The SMILES string of the molecule is COc1cc(N=NC(C(C)=O)C(=O)Nc2cc(OC)c(OC)cc2Cl)c(OC)cc1Cl. The first-order valence-corrected chi connectivity index (χ1v) is 9.56. The Morgan fingerprint density at radius 2 is 1.39 bits per heavy atom. The van der Waals surface area contributed by atoms with E-state index in [1.165, 1.54) is 59.6 Å². The third kappa shape index (κ3) is 5.77. The van der Waals surface area contributed by atoms with Gasteiger partial charge in [0.2, 0.25) is 6.04 Å². The minimum absolute atomic E-state index is 0.189. The molecule has 0 spiro atoms. The number of hydrogen-bond donors (Lipinski definition) is 1. The largest absolute Gasteiger partial charge is 0.495 e. The molecule has 1 N–H and O–H groups in total. The smallest absolute Gasteiger partial charge is 0.258 e. The summed E-state index contributed by atoms with van der Waals surface area (Å²) in [7, 11) is 5.76. The Bertz CT molecular complexity index is 1010. The molecule has 0 saturated carbocycles. The Morgan fingerprint density at radius 3 is 1.94 bits per heavy atom. The fourth-order valence-corrected chi connectivity index (χ4v) is 2.94. The number of nitrogens with zero attached hydrogens (tertiary/aromatic N) is 2. The third-order valence-corrected chi connectivity index (χ3v) is 4.71. The quantitative estimate of drug-likeness (QED) is 0.420. The lowest BCUT2D eigenvalue weighted by atomic mass is 10.2. The van der Waals surface area contributed by atoms with Crippen LogP contribution in [0.2, 0.25) is 10.0 Å². The molecular weight excluding hydrogens is 449 g/mol. The molecule has 0 bridgehead atoms. The van der Waals surface area contributed by atoms with E-state index in [-0.39, 0.29) is 16.4 Å². The van der Waals surface area contributed by atoms with Gasteiger partial charge < -0.3 is 24.3 Å². The van der Waals surface area contributed by atoms with Gasteiger partial charge in [-0.1, -0.05) is 23.2 Å². The van der Waals surface area contributed by atoms with Crippen molar-refractivity contribution < 1.29 is 28.5 Å². The van der Waals surface area contributed by atoms with Crippen molar-refractivity contribution >= 4 is 46.3 Å². The maximum atomic E-state index is 12.7. The molecule has 1 atom stereocenters. The number of azo groups is 1. The van der Waals surface area contributed by atoms with Gasteiger partial charge in [-0.25, -0.2) is 0 Å². The fraction of sp³-hybridized carbons (Fsp3) is 0.300. The van der Waals surface area contributed by atoms with Crippen molar-refractivity contribution in [2.75, 3.05) is 33.8 Å². The van der Waals surface area contributed by atoms with Crippen LogP contribution in [0.5, 0.6) is 23.0 Å². The van der Waals surface area contributed by atoms with Crippen LogP contribution in [0.1, 0.15) is 6.92 Å². The van der Waals surface area contributed by atoms with Crippen molar-refractivity contribution in [3.63, 3.8) is 0 Å². The van der Waals surface area contributed by atoms with Crippen molar-refractivity contribution in [1.29, 1.82) is 0 Å². The van der Waals surface area contributed by atoms with E-state index >= 15 is 0 Å². The molecule has 2 aromatic carbocycles. The van der Waals surface area contributed by atoms with E-state index in [0.29, 0.717) is 28.0 Å². The van der Waals surface area contributed by atoms with E-state index in [4.69, 9.17) is 42.1 Å². The standard InChI is InChI=1S/C20H21Cl2N3O6/c1-10(26)19(25-24-14-9-15(28-2)12(22)7-16(14)29-3)20(27)23-13-8-18(31-5)17(30-4)6-11(13)21/h6-9,19H,1-5H3,(H,23,27). The van der Waals surface area contributed by atoms with Crippen molar-refractivity contribution in [3.8, 4) is 23.0 Å². The maximum absolute atomic E-state index is 12.7. The molecule has 2 aromatic rings. The lowest BCUT2D eigenvalue weighted by Crippen LogP contribution is -2.31. The number of benzene rings is 2. The van der Waals surface area contributed by atoms with Crippen LogP contribution in [-0.4, -0.2) is 46.2 Å². The van der Waals surface area contributed by atoms with Crippen LogP contribution in [0.25, 0.3) is 0 Å². The zero-order valence-electron chi connectivity index (χ0n) is 17.5. The second-order valence-electron chi connectivity index (χ2n) is 6.06. The van der Waals surface area contributed by atoms with Crippen LogP contribution < -0.4 is 24.3 Å². The van der Waals surface area contributed by atoms with Crippen molar-refractivity contribution in [3.05, 3.63) is 34.3 Å². The zero-order chi connectivity index (χ0) is 23.1. The van der Waals surface area contributed by atoms with Crippen molar-refractivity contribution in [2.45, 2.75) is 13.0 Å². The molecule has 0 aliphatic rings. The molecule has 31 heavy (non-hydrogen) atoms. The number of carbonyl (C=O) groups is 2. The highest BCUT2D eigenvalue weighted by atomic mass is 35.5. The lowest BCUT2D eigenvalue weighted by molar-refractivity contribution is -0.126. The molecule has 2 rings (SSSR count). The van der Waals surface area contributed by atoms with Crippen LogP contribution in [0.3, 0.4) is 0 Å². The third-order valence-electron chi connectivity index (χ3n) is 4.10. The summed E-state index contributed by atoms with van der Waals surface area (Å²) in [6.45, 7) is 1.22. The van der Waals surface area contributed by atoms with Crippen LogP contribution in [0, 0.1) is 0 Å². The first-order chi connectivity index (χ1) is 14.7. The molecular formula is C20H21Cl2N3O6. The summed E-state index contributed by atoms with van der Waals surface area (Å²) >= 11 is 12.3. The average Bonchev–Trinajstić information content (AvgIpc) is 2.75. The van der Waals surface area contributed by atoms with Gasteiger partial charge in [0.05, 0.1) is 44.2 Å². The van der Waals surface area contributed by atoms with Crippen LogP contribution in [0.4, 0.5) is 11.4 Å². The molecule has 0 aliphatic carbocycles. The van der Waals surface area contributed by atoms with E-state index in [1.807, 2.05) is 0 Å². The van der Waals surface area contributed by atoms with E-state index < -0.39 is 17.7 Å². The number of halogens is 2. The highest BCUT2D eigenvalue weighted by molar-refractivity contribution is 6.34. The van der Waals surface area contributed by atoms with Gasteiger partial charge in [-0.2, -0.15) is 10.2 Å². The van der Waals surface area contributed by atoms with Crippen LogP contribution >= 0.6 is 23.2 Å². The zero-order valence-corrected chi connectivity index (χ0v) is 19.0. The lowest BCUT2D eigenvalue weighted by Gasteiger charge is -2.14. The Hall–Kier alpha value is -3.04. The molecule has 0 aliphatic heterocycles. The number of methoxy groups -OCH3 is 4. The molecule has 0 fully saturated rings. The Balaban J connectivity index is 2.33. The first kappa shape index (κ1) is 24.2. The molecule has 0 heterocycles. The number of rotatable bonds is 9. The topological polar surface area (TPSA) is 108 Å². The predicted octanol–water partition coefficient (Wildman–Crippen LogP) is 4.71. The highest BCUT2D eigenvalue weighted by Crippen LogP contribution is 2.38. The van der Waals surface area contributed by atoms with Crippen molar-refractivity contribution in [1.82, 2.24) is 0 Å². The van der Waals surface area contributed by atoms with Gasteiger partial charge in [0.25, 0.3) is 5.91 Å². The minimum Gasteiger partial charge on any atom is -0.495 e. The Kier molecular flexibility index (Phi) is 8.47. The average molecular weight is 470 g/mol. The molecule has 0 saturated heterocycles. The number of amides is 1. The fourth-order valence-electron chi connectivity index (χ4n) is 2.51. The number of Topliss-reactive ketones (excluding diaryl/α,β-unsaturated/α-hetero) is 1. The summed E-state index contributed by atoms with van der Waals surface area (Å²) in [5, 5.41) is 10.9. The summed E-state index contributed by atoms with van der Waals surface area (Å²) in [5.41, 5.74) is 0.448. The second-order valence-corrected chi connectivity index (χ2v) is 6.88. The van der Waals surface area contributed by atoms with Gasteiger partial charge in [-0.15, -0.1) is 0 Å². The van der Waals surface area contributed by atoms with E-state index in [0.717, 1.165) is 0 Å². The number of ketones is 1. The summed E-state index contributed by atoms with van der Waals surface area (Å²) in [5.74, 6) is 0.0961. The Morgan fingerprint density at radius 1 is 0.839 bits per heavy atom. The number of carbonyl (C=O) groups excluding carboxylic acids is 2. The molecule has 9 nitrogen and oxygen atoms in total. The normalized spacial score (nSPS) is 11.7. The van der Waals surface area contributed by atoms with Gasteiger partial charge in [-0.05, 0) is 6.92 Å². The summed E-state index contributed by atoms with van der Waals surface area (Å²) in [6, 6.07) is 4.48. The van der Waals surface area contributed by atoms with Gasteiger partial charge in [0, 0.05) is 24.3 Å². The predicted molar refractivity (Wildman–Crippen MR) is 117 cm³/mol. The van der Waals surface area contributed by atoms with E-state index in [1.54, 1.807) is 0 Å². The van der Waals surface area contributed by atoms with E-state index in [2.05, 4.69) is 15.5 Å². The minimum atomic E-state index is -1.43. The number of hydrogen-bond acceptors (Lipinski definition) is 8. The van der Waals surface area contributed by atoms with Gasteiger partial charge in [0.1, 0.15) is 17.2 Å². The van der Waals surface area contributed by atoms with E-state index in [9.17, 15) is 9.59 Å². The second kappa shape index (κ2) is 10.8. The molecule has 166 valence electrons. The highest BCUT2D eigenvalue weighted by Gasteiger charge is 2.25. The van der Waals surface area contributed by atoms with Crippen molar-refractivity contribution in [2.24, 2.45) is 10.2 Å². The summed E-state index contributed by atoms with van der Waals surface area (Å²) < 4.78 is 20.7. The molecule has 1 amide bonds. The van der Waals surface area contributed by atoms with Crippen LogP contribution in [0.15, 0.2) is 34.5 Å². The number of ether oxygens (including phenoxy) is 4. The summed E-state index contributed by atoms with van der Waals surface area (Å²) in [6.07, 6.45) is 0. The summed E-state index contributed by atoms with van der Waals surface area (Å²) in [4.78, 5) is 24.8.